The summed E-state index contributed by atoms with van der Waals surface area (Å²) in [5.74, 6) is 0.302. The molecule has 3 aromatic carbocycles. The maximum Gasteiger partial charge on any atom is 0.251 e. The average molecular weight is 644 g/mol. The Hall–Kier alpha value is -4.44. The summed E-state index contributed by atoms with van der Waals surface area (Å²) < 4.78 is 11.9. The number of pyridine rings is 1. The lowest BCUT2D eigenvalue weighted by Crippen LogP contribution is -2.43. The summed E-state index contributed by atoms with van der Waals surface area (Å²) in [6.07, 6.45) is 2.09. The first-order chi connectivity index (χ1) is 21.6. The average Bonchev–Trinajstić information content (AvgIpc) is 3.72. The number of amides is 2. The van der Waals surface area contributed by atoms with Gasteiger partial charge in [-0.15, -0.1) is 0 Å². The van der Waals surface area contributed by atoms with Crippen LogP contribution in [0.5, 0.6) is 5.75 Å². The third-order valence-corrected chi connectivity index (χ3v) is 9.42. The Morgan fingerprint density at radius 1 is 1.07 bits per heavy atom. The number of rotatable bonds is 8. The molecule has 2 atom stereocenters. The van der Waals surface area contributed by atoms with E-state index in [1.807, 2.05) is 6.07 Å². The van der Waals surface area contributed by atoms with Crippen molar-refractivity contribution in [1.29, 1.82) is 0 Å². The summed E-state index contributed by atoms with van der Waals surface area (Å²) in [6.45, 7) is 1.38. The Bertz CT molecular complexity index is 1990. The minimum Gasteiger partial charge on any atom is -0.489 e. The monoisotopic (exact) mass is 642 g/mol. The van der Waals surface area contributed by atoms with E-state index in [1.165, 1.54) is 0 Å². The first-order valence-electron chi connectivity index (χ1n) is 14.5. The molecule has 3 heterocycles. The Kier molecular flexibility index (Phi) is 7.07. The van der Waals surface area contributed by atoms with E-state index >= 15 is 0 Å². The van der Waals surface area contributed by atoms with Crippen LogP contribution in [0.2, 0.25) is 10.0 Å². The topological polar surface area (TPSA) is 141 Å². The highest BCUT2D eigenvalue weighted by Crippen LogP contribution is 2.48. The molecule has 0 radical (unpaired) electrons. The van der Waals surface area contributed by atoms with Gasteiger partial charge < -0.3 is 25.3 Å². The van der Waals surface area contributed by atoms with E-state index in [1.54, 1.807) is 73.7 Å². The molecule has 1 fully saturated rings. The first-order valence-corrected chi connectivity index (χ1v) is 15.2. The third-order valence-electron chi connectivity index (χ3n) is 8.60. The van der Waals surface area contributed by atoms with Crippen molar-refractivity contribution < 1.29 is 23.8 Å². The fraction of sp³-hybridized carbons (Fsp3) is 0.235. The third kappa shape index (κ3) is 5.01. The van der Waals surface area contributed by atoms with E-state index < -0.39 is 22.8 Å². The zero-order valence-corrected chi connectivity index (χ0v) is 25.7. The van der Waals surface area contributed by atoms with Crippen molar-refractivity contribution in [3.63, 3.8) is 0 Å². The van der Waals surface area contributed by atoms with Crippen LogP contribution >= 0.6 is 23.2 Å². The van der Waals surface area contributed by atoms with Gasteiger partial charge in [-0.25, -0.2) is 9.97 Å². The molecule has 228 valence electrons. The van der Waals surface area contributed by atoms with E-state index in [0.717, 1.165) is 12.8 Å². The van der Waals surface area contributed by atoms with Crippen molar-refractivity contribution in [2.24, 2.45) is 5.73 Å². The number of oxazole rings is 1. The van der Waals surface area contributed by atoms with Crippen LogP contribution in [0, 0.1) is 0 Å². The molecular weight excluding hydrogens is 615 g/mol. The van der Waals surface area contributed by atoms with E-state index in [0.29, 0.717) is 55.9 Å². The van der Waals surface area contributed by atoms with E-state index in [9.17, 15) is 14.7 Å². The number of fused-ring (bicyclic) bond motifs is 2. The quantitative estimate of drug-likeness (QED) is 0.192. The second kappa shape index (κ2) is 10.9. The largest absolute Gasteiger partial charge is 0.489 e. The molecule has 0 spiro atoms. The zero-order valence-electron chi connectivity index (χ0n) is 24.1. The SMILES string of the molecule is C[C@]1(C(N)=O)COc2c1cc([C@@](O)(CNC(=O)c1ccc3nc(C4CC4)oc3c1)c1ccccc1)nc2-c1cccc(Cl)c1Cl. The van der Waals surface area contributed by atoms with Crippen LogP contribution < -0.4 is 15.8 Å². The minimum absolute atomic E-state index is 0.0267. The lowest BCUT2D eigenvalue weighted by Gasteiger charge is -2.30. The number of carbonyl (C=O) groups is 2. The van der Waals surface area contributed by atoms with Crippen LogP contribution in [-0.4, -0.2) is 40.0 Å². The van der Waals surface area contributed by atoms with Crippen LogP contribution in [0.1, 0.15) is 58.8 Å². The van der Waals surface area contributed by atoms with Gasteiger partial charge in [-0.2, -0.15) is 0 Å². The first kappa shape index (κ1) is 29.3. The molecule has 1 saturated carbocycles. The summed E-state index contributed by atoms with van der Waals surface area (Å²) in [6, 6.07) is 20.6. The van der Waals surface area contributed by atoms with Crippen molar-refractivity contribution in [2.45, 2.75) is 36.7 Å². The highest BCUT2D eigenvalue weighted by molar-refractivity contribution is 6.43. The van der Waals surface area contributed by atoms with Gasteiger partial charge in [0.25, 0.3) is 5.91 Å². The Morgan fingerprint density at radius 2 is 1.84 bits per heavy atom. The van der Waals surface area contributed by atoms with E-state index in [2.05, 4.69) is 10.3 Å². The number of hydrogen-bond donors (Lipinski definition) is 3. The smallest absolute Gasteiger partial charge is 0.251 e. The van der Waals surface area contributed by atoms with Crippen molar-refractivity contribution in [3.05, 3.63) is 111 Å². The lowest BCUT2D eigenvalue weighted by molar-refractivity contribution is -0.123. The van der Waals surface area contributed by atoms with Crippen LogP contribution in [0.4, 0.5) is 0 Å². The standard InChI is InChI=1S/C34H28Cl2N4O5/c1-33(32(37)42)17-44-29-22(33)15-26(40-28(29)21-8-5-9-23(35)27(21)36)34(43,20-6-3-2-4-7-20)16-38-30(41)19-12-13-24-25(14-19)45-31(39-24)18-10-11-18/h2-9,12-15,18,43H,10-11,16-17H2,1H3,(H2,37,42)(H,38,41)/t33-,34+/m0/s1. The number of ether oxygens (including phenoxy) is 1. The molecular formula is C34H28Cl2N4O5. The molecule has 0 saturated heterocycles. The van der Waals surface area contributed by atoms with Gasteiger partial charge in [-0.3, -0.25) is 9.59 Å². The van der Waals surface area contributed by atoms with Gasteiger partial charge in [0.2, 0.25) is 5.91 Å². The number of nitrogens with one attached hydrogen (secondary N) is 1. The molecule has 1 aliphatic heterocycles. The van der Waals surface area contributed by atoms with Gasteiger partial charge in [-0.05, 0) is 55.7 Å². The number of halogens is 2. The fourth-order valence-electron chi connectivity index (χ4n) is 5.62. The molecule has 2 aromatic heterocycles. The van der Waals surface area contributed by atoms with Crippen molar-refractivity contribution in [1.82, 2.24) is 15.3 Å². The number of carbonyl (C=O) groups excluding carboxylic acids is 2. The summed E-state index contributed by atoms with van der Waals surface area (Å²) >= 11 is 13.0. The second-order valence-electron chi connectivity index (χ2n) is 11.7. The van der Waals surface area contributed by atoms with E-state index in [-0.39, 0.29) is 29.6 Å². The summed E-state index contributed by atoms with van der Waals surface area (Å²) in [7, 11) is 0. The molecule has 0 unspecified atom stereocenters. The number of nitrogens with two attached hydrogens (primary N) is 1. The molecule has 11 heteroatoms. The normalized spacial score (nSPS) is 18.7. The molecule has 2 aliphatic rings. The van der Waals surface area contributed by atoms with Gasteiger partial charge in [0.15, 0.2) is 11.5 Å². The highest BCUT2D eigenvalue weighted by atomic mass is 35.5. The molecule has 1 aliphatic carbocycles. The van der Waals surface area contributed by atoms with Gasteiger partial charge >= 0.3 is 0 Å². The Labute approximate surface area is 268 Å². The van der Waals surface area contributed by atoms with Gasteiger partial charge in [0, 0.05) is 22.6 Å². The van der Waals surface area contributed by atoms with Crippen molar-refractivity contribution in [3.8, 4) is 17.0 Å². The van der Waals surface area contributed by atoms with Crippen molar-refractivity contribution >= 4 is 46.1 Å². The van der Waals surface area contributed by atoms with Crippen LogP contribution in [-0.2, 0) is 15.8 Å². The Balaban J connectivity index is 1.32. The minimum atomic E-state index is -1.86. The lowest BCUT2D eigenvalue weighted by atomic mass is 9.80. The van der Waals surface area contributed by atoms with Gasteiger partial charge in [-0.1, -0.05) is 65.7 Å². The summed E-state index contributed by atoms with van der Waals surface area (Å²) in [5, 5.41) is 15.9. The summed E-state index contributed by atoms with van der Waals surface area (Å²) in [4.78, 5) is 35.6. The molecule has 45 heavy (non-hydrogen) atoms. The number of nitrogens with zero attached hydrogens (tertiary/aromatic N) is 2. The van der Waals surface area contributed by atoms with Gasteiger partial charge in [0.1, 0.15) is 34.6 Å². The maximum absolute atomic E-state index is 13.5. The number of aliphatic hydroxyl groups is 1. The fourth-order valence-corrected chi connectivity index (χ4v) is 6.01. The van der Waals surface area contributed by atoms with Crippen LogP contribution in [0.15, 0.2) is 77.2 Å². The molecule has 5 aromatic rings. The molecule has 9 nitrogen and oxygen atoms in total. The zero-order chi connectivity index (χ0) is 31.5. The number of hydrogen-bond acceptors (Lipinski definition) is 7. The van der Waals surface area contributed by atoms with Crippen molar-refractivity contribution in [2.75, 3.05) is 13.2 Å². The predicted octanol–water partition coefficient (Wildman–Crippen LogP) is 5.88. The molecule has 4 N–H and O–H groups in total. The Morgan fingerprint density at radius 3 is 2.58 bits per heavy atom. The van der Waals surface area contributed by atoms with Crippen LogP contribution in [0.25, 0.3) is 22.4 Å². The summed E-state index contributed by atoms with van der Waals surface area (Å²) in [5.41, 5.74) is 6.11. The number of primary amides is 1. The molecule has 7 rings (SSSR count). The second-order valence-corrected chi connectivity index (χ2v) is 12.5. The predicted molar refractivity (Wildman–Crippen MR) is 169 cm³/mol. The van der Waals surface area contributed by atoms with Crippen LogP contribution in [0.3, 0.4) is 0 Å². The maximum atomic E-state index is 13.5. The molecule has 0 bridgehead atoms. The number of benzene rings is 3. The van der Waals surface area contributed by atoms with E-state index in [4.69, 9.17) is 43.1 Å². The number of aromatic nitrogens is 2. The molecule has 2 amide bonds. The highest BCUT2D eigenvalue weighted by Gasteiger charge is 2.46. The van der Waals surface area contributed by atoms with Gasteiger partial charge in [0.05, 0.1) is 22.3 Å².